The summed E-state index contributed by atoms with van der Waals surface area (Å²) in [6.45, 7) is 2.03. The molecule has 1 aliphatic rings. The molecule has 1 aromatic heterocycles. The lowest BCUT2D eigenvalue weighted by Crippen LogP contribution is -2.52. The third kappa shape index (κ3) is 3.30. The third-order valence-corrected chi connectivity index (χ3v) is 4.27. The van der Waals surface area contributed by atoms with Crippen molar-refractivity contribution in [3.05, 3.63) is 30.1 Å². The first-order valence-electron chi connectivity index (χ1n) is 7.00. The quantitative estimate of drug-likeness (QED) is 0.866. The van der Waals surface area contributed by atoms with Crippen LogP contribution in [-0.2, 0) is 6.54 Å². The smallest absolute Gasteiger partial charge is 0.0328 e. The van der Waals surface area contributed by atoms with E-state index in [1.165, 1.54) is 37.7 Å². The van der Waals surface area contributed by atoms with E-state index >= 15 is 0 Å². The van der Waals surface area contributed by atoms with Crippen molar-refractivity contribution in [3.63, 3.8) is 0 Å². The van der Waals surface area contributed by atoms with E-state index in [0.717, 1.165) is 13.1 Å². The topological polar surface area (TPSA) is 28.2 Å². The minimum atomic E-state index is 0.366. The van der Waals surface area contributed by atoms with Crippen molar-refractivity contribution in [1.29, 1.82) is 0 Å². The van der Waals surface area contributed by atoms with Gasteiger partial charge in [-0.05, 0) is 44.6 Å². The SMILES string of the molecule is CN(C)C1(CNCc2ccncc2)CCCCC1. The van der Waals surface area contributed by atoms with E-state index in [9.17, 15) is 0 Å². The predicted molar refractivity (Wildman–Crippen MR) is 75.4 cm³/mol. The maximum Gasteiger partial charge on any atom is 0.0328 e. The van der Waals surface area contributed by atoms with Gasteiger partial charge in [0.1, 0.15) is 0 Å². The fourth-order valence-electron chi connectivity index (χ4n) is 2.93. The Balaban J connectivity index is 1.86. The molecule has 1 N–H and O–H groups in total. The van der Waals surface area contributed by atoms with Gasteiger partial charge in [-0.2, -0.15) is 0 Å². The summed E-state index contributed by atoms with van der Waals surface area (Å²) in [4.78, 5) is 6.47. The molecule has 0 radical (unpaired) electrons. The minimum absolute atomic E-state index is 0.366. The van der Waals surface area contributed by atoms with Crippen molar-refractivity contribution >= 4 is 0 Å². The standard InChI is InChI=1S/C15H25N3/c1-18(2)15(8-4-3-5-9-15)13-17-12-14-6-10-16-11-7-14/h6-7,10-11,17H,3-5,8-9,12-13H2,1-2H3. The van der Waals surface area contributed by atoms with Crippen LogP contribution in [0.1, 0.15) is 37.7 Å². The van der Waals surface area contributed by atoms with E-state index in [0.29, 0.717) is 5.54 Å². The first kappa shape index (κ1) is 13.5. The molecule has 0 atom stereocenters. The molecule has 3 nitrogen and oxygen atoms in total. The van der Waals surface area contributed by atoms with Gasteiger partial charge in [-0.1, -0.05) is 19.3 Å². The number of hydrogen-bond acceptors (Lipinski definition) is 3. The minimum Gasteiger partial charge on any atom is -0.311 e. The van der Waals surface area contributed by atoms with Crippen LogP contribution in [0.25, 0.3) is 0 Å². The fourth-order valence-corrected chi connectivity index (χ4v) is 2.93. The zero-order valence-electron chi connectivity index (χ0n) is 11.7. The first-order valence-corrected chi connectivity index (χ1v) is 7.00. The average molecular weight is 247 g/mol. The monoisotopic (exact) mass is 247 g/mol. The molecule has 0 unspecified atom stereocenters. The lowest BCUT2D eigenvalue weighted by molar-refractivity contribution is 0.0984. The highest BCUT2D eigenvalue weighted by atomic mass is 15.2. The molecule has 18 heavy (non-hydrogen) atoms. The van der Waals surface area contributed by atoms with Gasteiger partial charge in [-0.3, -0.25) is 4.98 Å². The number of hydrogen-bond donors (Lipinski definition) is 1. The molecule has 1 fully saturated rings. The van der Waals surface area contributed by atoms with Crippen molar-refractivity contribution in [2.45, 2.75) is 44.2 Å². The molecule has 0 spiro atoms. The number of likely N-dealkylation sites (N-methyl/N-ethyl adjacent to an activating group) is 1. The zero-order valence-corrected chi connectivity index (χ0v) is 11.7. The molecule has 1 saturated carbocycles. The number of aromatic nitrogens is 1. The molecule has 0 aromatic carbocycles. The highest BCUT2D eigenvalue weighted by Gasteiger charge is 2.33. The lowest BCUT2D eigenvalue weighted by Gasteiger charge is -2.43. The van der Waals surface area contributed by atoms with Crippen molar-refractivity contribution in [2.24, 2.45) is 0 Å². The lowest BCUT2D eigenvalue weighted by atomic mass is 9.80. The summed E-state index contributed by atoms with van der Waals surface area (Å²) in [5.74, 6) is 0. The Bertz CT molecular complexity index is 342. The fraction of sp³-hybridized carbons (Fsp3) is 0.667. The molecule has 1 aliphatic carbocycles. The van der Waals surface area contributed by atoms with Crippen LogP contribution in [0.5, 0.6) is 0 Å². The second kappa shape index (κ2) is 6.30. The summed E-state index contributed by atoms with van der Waals surface area (Å²) in [6, 6.07) is 4.16. The van der Waals surface area contributed by atoms with Crippen LogP contribution in [0.4, 0.5) is 0 Å². The van der Waals surface area contributed by atoms with Crippen molar-refractivity contribution in [1.82, 2.24) is 15.2 Å². The van der Waals surface area contributed by atoms with Gasteiger partial charge in [0.25, 0.3) is 0 Å². The second-order valence-electron chi connectivity index (χ2n) is 5.64. The maximum atomic E-state index is 4.05. The predicted octanol–water partition coefficient (Wildman–Crippen LogP) is 2.44. The Hall–Kier alpha value is -0.930. The number of nitrogens with zero attached hydrogens (tertiary/aromatic N) is 2. The van der Waals surface area contributed by atoms with E-state index < -0.39 is 0 Å². The Morgan fingerprint density at radius 1 is 1.17 bits per heavy atom. The summed E-state index contributed by atoms with van der Waals surface area (Å²) in [5, 5.41) is 3.62. The van der Waals surface area contributed by atoms with Gasteiger partial charge in [-0.15, -0.1) is 0 Å². The van der Waals surface area contributed by atoms with E-state index in [1.807, 2.05) is 12.4 Å². The Morgan fingerprint density at radius 2 is 1.83 bits per heavy atom. The molecular formula is C15H25N3. The molecule has 0 aliphatic heterocycles. The molecule has 0 amide bonds. The molecule has 2 rings (SSSR count). The summed E-state index contributed by atoms with van der Waals surface area (Å²) in [7, 11) is 4.44. The zero-order chi connectivity index (χ0) is 12.8. The molecule has 0 saturated heterocycles. The summed E-state index contributed by atoms with van der Waals surface area (Å²) >= 11 is 0. The van der Waals surface area contributed by atoms with Gasteiger partial charge in [0.05, 0.1) is 0 Å². The number of pyridine rings is 1. The molecule has 0 bridgehead atoms. The van der Waals surface area contributed by atoms with Gasteiger partial charge >= 0.3 is 0 Å². The van der Waals surface area contributed by atoms with E-state index in [-0.39, 0.29) is 0 Å². The molecule has 3 heteroatoms. The van der Waals surface area contributed by atoms with Gasteiger partial charge < -0.3 is 10.2 Å². The molecule has 100 valence electrons. The van der Waals surface area contributed by atoms with Gasteiger partial charge in [-0.25, -0.2) is 0 Å². The molecule has 1 heterocycles. The van der Waals surface area contributed by atoms with Crippen LogP contribution in [0.3, 0.4) is 0 Å². The van der Waals surface area contributed by atoms with Crippen LogP contribution < -0.4 is 5.32 Å². The second-order valence-corrected chi connectivity index (χ2v) is 5.64. The van der Waals surface area contributed by atoms with Crippen molar-refractivity contribution in [3.8, 4) is 0 Å². The number of nitrogens with one attached hydrogen (secondary N) is 1. The van der Waals surface area contributed by atoms with Crippen molar-refractivity contribution in [2.75, 3.05) is 20.6 Å². The van der Waals surface area contributed by atoms with Crippen LogP contribution in [0.2, 0.25) is 0 Å². The summed E-state index contributed by atoms with van der Waals surface area (Å²) < 4.78 is 0. The largest absolute Gasteiger partial charge is 0.311 e. The maximum absolute atomic E-state index is 4.05. The molecular weight excluding hydrogens is 222 g/mol. The van der Waals surface area contributed by atoms with Crippen LogP contribution in [0, 0.1) is 0 Å². The highest BCUT2D eigenvalue weighted by molar-refractivity contribution is 5.09. The van der Waals surface area contributed by atoms with Gasteiger partial charge in [0, 0.05) is 31.0 Å². The first-order chi connectivity index (χ1) is 8.73. The number of rotatable bonds is 5. The third-order valence-electron chi connectivity index (χ3n) is 4.27. The van der Waals surface area contributed by atoms with Crippen LogP contribution in [0.15, 0.2) is 24.5 Å². The average Bonchev–Trinajstić information content (AvgIpc) is 2.41. The van der Waals surface area contributed by atoms with Gasteiger partial charge in [0.2, 0.25) is 0 Å². The van der Waals surface area contributed by atoms with E-state index in [1.54, 1.807) is 0 Å². The normalized spacial score (nSPS) is 19.1. The highest BCUT2D eigenvalue weighted by Crippen LogP contribution is 2.31. The summed E-state index contributed by atoms with van der Waals surface area (Å²) in [5.41, 5.74) is 1.68. The Labute approximate surface area is 111 Å². The van der Waals surface area contributed by atoms with Crippen LogP contribution >= 0.6 is 0 Å². The van der Waals surface area contributed by atoms with Gasteiger partial charge in [0.15, 0.2) is 0 Å². The van der Waals surface area contributed by atoms with Crippen LogP contribution in [-0.4, -0.2) is 36.1 Å². The Kier molecular flexibility index (Phi) is 4.72. The molecule has 1 aromatic rings. The van der Waals surface area contributed by atoms with Crippen molar-refractivity contribution < 1.29 is 0 Å². The summed E-state index contributed by atoms with van der Waals surface area (Å²) in [6.07, 6.45) is 10.5. The van der Waals surface area contributed by atoms with E-state index in [4.69, 9.17) is 0 Å². The Morgan fingerprint density at radius 3 is 2.44 bits per heavy atom. The van der Waals surface area contributed by atoms with E-state index in [2.05, 4.69) is 41.4 Å².